The second-order valence-corrected chi connectivity index (χ2v) is 5.46. The lowest BCUT2D eigenvalue weighted by atomic mass is 10.3. The zero-order valence-electron chi connectivity index (χ0n) is 11.6. The second-order valence-electron chi connectivity index (χ2n) is 4.17. The Morgan fingerprint density at radius 1 is 1.05 bits per heavy atom. The van der Waals surface area contributed by atoms with Gasteiger partial charge in [-0.05, 0) is 19.1 Å². The zero-order valence-corrected chi connectivity index (χ0v) is 12.5. The number of benzene rings is 1. The highest BCUT2D eigenvalue weighted by atomic mass is 32.1. The van der Waals surface area contributed by atoms with Gasteiger partial charge in [-0.25, -0.2) is 0 Å². The summed E-state index contributed by atoms with van der Waals surface area (Å²) in [5.41, 5.74) is 0. The maximum atomic E-state index is 12.0. The van der Waals surface area contributed by atoms with E-state index < -0.39 is 0 Å². The summed E-state index contributed by atoms with van der Waals surface area (Å²) in [5, 5.41) is 0. The van der Waals surface area contributed by atoms with Crippen LogP contribution in [0, 0.1) is 6.92 Å². The number of thiophene rings is 1. The van der Waals surface area contributed by atoms with Gasteiger partial charge >= 0.3 is 0 Å². The molecule has 0 bridgehead atoms. The van der Waals surface area contributed by atoms with Crippen LogP contribution in [0.3, 0.4) is 0 Å². The summed E-state index contributed by atoms with van der Waals surface area (Å²) in [7, 11) is 3.14. The van der Waals surface area contributed by atoms with Crippen LogP contribution in [0.2, 0.25) is 0 Å². The zero-order chi connectivity index (χ0) is 14.5. The van der Waals surface area contributed by atoms with E-state index in [1.54, 1.807) is 32.4 Å². The minimum absolute atomic E-state index is 0.00370. The van der Waals surface area contributed by atoms with Crippen molar-refractivity contribution in [1.82, 2.24) is 0 Å². The van der Waals surface area contributed by atoms with Gasteiger partial charge in [-0.1, -0.05) is 0 Å². The summed E-state index contributed by atoms with van der Waals surface area (Å²) in [6, 6.07) is 8.92. The average molecular weight is 292 g/mol. The van der Waals surface area contributed by atoms with E-state index in [-0.39, 0.29) is 12.4 Å². The fourth-order valence-electron chi connectivity index (χ4n) is 1.67. The SMILES string of the molecule is COc1cc(OC)cc(OCC(=O)c2ccc(C)s2)c1. The van der Waals surface area contributed by atoms with Crippen LogP contribution in [0.5, 0.6) is 17.2 Å². The molecule has 0 aliphatic heterocycles. The van der Waals surface area contributed by atoms with Crippen molar-refractivity contribution in [3.05, 3.63) is 40.1 Å². The number of ketones is 1. The van der Waals surface area contributed by atoms with Gasteiger partial charge in [0.1, 0.15) is 17.2 Å². The maximum absolute atomic E-state index is 12.0. The van der Waals surface area contributed by atoms with E-state index >= 15 is 0 Å². The van der Waals surface area contributed by atoms with Crippen LogP contribution in [0.4, 0.5) is 0 Å². The fourth-order valence-corrected chi connectivity index (χ4v) is 2.46. The van der Waals surface area contributed by atoms with Crippen LogP contribution in [0.15, 0.2) is 30.3 Å². The van der Waals surface area contributed by atoms with Gasteiger partial charge in [0, 0.05) is 23.1 Å². The molecule has 0 amide bonds. The van der Waals surface area contributed by atoms with Crippen molar-refractivity contribution < 1.29 is 19.0 Å². The maximum Gasteiger partial charge on any atom is 0.210 e. The van der Waals surface area contributed by atoms with E-state index in [1.165, 1.54) is 11.3 Å². The van der Waals surface area contributed by atoms with Crippen molar-refractivity contribution in [2.45, 2.75) is 6.92 Å². The van der Waals surface area contributed by atoms with Crippen molar-refractivity contribution in [3.8, 4) is 17.2 Å². The van der Waals surface area contributed by atoms with E-state index in [0.29, 0.717) is 22.1 Å². The average Bonchev–Trinajstić information content (AvgIpc) is 2.91. The van der Waals surface area contributed by atoms with Gasteiger partial charge in [0.15, 0.2) is 6.61 Å². The topological polar surface area (TPSA) is 44.8 Å². The Bertz CT molecular complexity index is 581. The lowest BCUT2D eigenvalue weighted by molar-refractivity contribution is 0.0925. The minimum Gasteiger partial charge on any atom is -0.496 e. The molecule has 0 atom stereocenters. The molecule has 0 saturated carbocycles. The van der Waals surface area contributed by atoms with Crippen molar-refractivity contribution in [2.75, 3.05) is 20.8 Å². The summed E-state index contributed by atoms with van der Waals surface area (Å²) in [6.45, 7) is 1.96. The number of aryl methyl sites for hydroxylation is 1. The van der Waals surface area contributed by atoms with Gasteiger partial charge in [-0.2, -0.15) is 0 Å². The quantitative estimate of drug-likeness (QED) is 0.766. The molecule has 106 valence electrons. The summed E-state index contributed by atoms with van der Waals surface area (Å²) in [5.74, 6) is 1.75. The van der Waals surface area contributed by atoms with Gasteiger partial charge in [0.05, 0.1) is 19.1 Å². The van der Waals surface area contributed by atoms with Crippen molar-refractivity contribution in [1.29, 1.82) is 0 Å². The molecule has 2 rings (SSSR count). The molecule has 1 aromatic carbocycles. The smallest absolute Gasteiger partial charge is 0.210 e. The van der Waals surface area contributed by atoms with Crippen LogP contribution >= 0.6 is 11.3 Å². The van der Waals surface area contributed by atoms with E-state index in [4.69, 9.17) is 14.2 Å². The molecule has 0 N–H and O–H groups in total. The van der Waals surface area contributed by atoms with E-state index in [9.17, 15) is 4.79 Å². The van der Waals surface area contributed by atoms with Crippen LogP contribution in [0.25, 0.3) is 0 Å². The first-order chi connectivity index (χ1) is 9.62. The minimum atomic E-state index is -0.0371. The number of Topliss-reactive ketones (excluding diaryl/α,β-unsaturated/α-hetero) is 1. The van der Waals surface area contributed by atoms with Crippen molar-refractivity contribution >= 4 is 17.1 Å². The Labute approximate surface area is 121 Å². The monoisotopic (exact) mass is 292 g/mol. The molecule has 0 saturated heterocycles. The molecule has 0 fully saturated rings. The van der Waals surface area contributed by atoms with Crippen molar-refractivity contribution in [3.63, 3.8) is 0 Å². The lowest BCUT2D eigenvalue weighted by Gasteiger charge is -2.09. The van der Waals surface area contributed by atoms with E-state index in [2.05, 4.69) is 0 Å². The summed E-state index contributed by atoms with van der Waals surface area (Å²) >= 11 is 1.47. The van der Waals surface area contributed by atoms with Gasteiger partial charge < -0.3 is 14.2 Å². The van der Waals surface area contributed by atoms with Gasteiger partial charge in [0.25, 0.3) is 0 Å². The van der Waals surface area contributed by atoms with Gasteiger partial charge in [0.2, 0.25) is 5.78 Å². The number of carbonyl (C=O) groups is 1. The predicted molar refractivity (Wildman–Crippen MR) is 78.4 cm³/mol. The Morgan fingerprint density at radius 2 is 1.65 bits per heavy atom. The molecular weight excluding hydrogens is 276 g/mol. The number of methoxy groups -OCH3 is 2. The molecule has 5 heteroatoms. The van der Waals surface area contributed by atoms with Crippen LogP contribution < -0.4 is 14.2 Å². The Morgan fingerprint density at radius 3 is 2.15 bits per heavy atom. The first kappa shape index (κ1) is 14.4. The molecule has 4 nitrogen and oxygen atoms in total. The molecular formula is C15H16O4S. The molecule has 0 spiro atoms. The Hall–Kier alpha value is -2.01. The third-order valence-corrected chi connectivity index (χ3v) is 3.75. The van der Waals surface area contributed by atoms with Crippen LogP contribution in [0.1, 0.15) is 14.5 Å². The molecule has 0 aliphatic carbocycles. The first-order valence-corrected chi connectivity index (χ1v) is 6.89. The summed E-state index contributed by atoms with van der Waals surface area (Å²) in [6.07, 6.45) is 0. The third kappa shape index (κ3) is 3.51. The van der Waals surface area contributed by atoms with Gasteiger partial charge in [-0.15, -0.1) is 11.3 Å². The summed E-state index contributed by atoms with van der Waals surface area (Å²) in [4.78, 5) is 13.8. The van der Waals surface area contributed by atoms with Crippen molar-refractivity contribution in [2.24, 2.45) is 0 Å². The highest BCUT2D eigenvalue weighted by Gasteiger charge is 2.10. The number of carbonyl (C=O) groups excluding carboxylic acids is 1. The Kier molecular flexibility index (Phi) is 4.63. The number of hydrogen-bond donors (Lipinski definition) is 0. The molecule has 0 aliphatic rings. The second kappa shape index (κ2) is 6.43. The van der Waals surface area contributed by atoms with E-state index in [1.807, 2.05) is 19.1 Å². The van der Waals surface area contributed by atoms with Gasteiger partial charge in [-0.3, -0.25) is 4.79 Å². The number of hydrogen-bond acceptors (Lipinski definition) is 5. The fraction of sp³-hybridized carbons (Fsp3) is 0.267. The molecule has 0 unspecified atom stereocenters. The Balaban J connectivity index is 2.05. The normalized spacial score (nSPS) is 10.2. The van der Waals surface area contributed by atoms with Crippen LogP contribution in [-0.2, 0) is 0 Å². The molecule has 0 radical (unpaired) electrons. The third-order valence-electron chi connectivity index (χ3n) is 2.71. The molecule has 20 heavy (non-hydrogen) atoms. The van der Waals surface area contributed by atoms with E-state index in [0.717, 1.165) is 4.88 Å². The number of ether oxygens (including phenoxy) is 3. The largest absolute Gasteiger partial charge is 0.496 e. The number of rotatable bonds is 6. The highest BCUT2D eigenvalue weighted by Crippen LogP contribution is 2.27. The molecule has 1 heterocycles. The molecule has 2 aromatic rings. The van der Waals surface area contributed by atoms with Crippen LogP contribution in [-0.4, -0.2) is 26.6 Å². The summed E-state index contributed by atoms with van der Waals surface area (Å²) < 4.78 is 15.8. The highest BCUT2D eigenvalue weighted by molar-refractivity contribution is 7.14. The predicted octanol–water partition coefficient (Wildman–Crippen LogP) is 3.34. The molecule has 1 aromatic heterocycles. The first-order valence-electron chi connectivity index (χ1n) is 6.08. The lowest BCUT2D eigenvalue weighted by Crippen LogP contribution is -2.10. The standard InChI is InChI=1S/C15H16O4S/c1-10-4-5-15(20-10)14(16)9-19-13-7-11(17-2)6-12(8-13)18-3/h4-8H,9H2,1-3H3.